The first-order valence-electron chi connectivity index (χ1n) is 4.32. The molecule has 0 aliphatic carbocycles. The topological polar surface area (TPSA) is 77.2 Å². The van der Waals surface area contributed by atoms with Crippen molar-refractivity contribution in [3.63, 3.8) is 0 Å². The number of ether oxygens (including phenoxy) is 1. The molecule has 0 fully saturated rings. The van der Waals surface area contributed by atoms with Crippen LogP contribution in [-0.4, -0.2) is 30.6 Å². The van der Waals surface area contributed by atoms with E-state index in [1.54, 1.807) is 0 Å². The first-order chi connectivity index (χ1) is 7.17. The lowest BCUT2D eigenvalue weighted by Gasteiger charge is -2.12. The number of nitrogens with one attached hydrogen (secondary N) is 1. The van der Waals surface area contributed by atoms with Gasteiger partial charge < -0.3 is 15.8 Å². The first kappa shape index (κ1) is 18.4. The van der Waals surface area contributed by atoms with Gasteiger partial charge in [-0.2, -0.15) is 0 Å². The summed E-state index contributed by atoms with van der Waals surface area (Å²) in [4.78, 5) is 15.1. The number of aromatic nitrogens is 1. The largest absolute Gasteiger partial charge is 0.370 e. The van der Waals surface area contributed by atoms with E-state index in [1.165, 1.54) is 19.2 Å². The van der Waals surface area contributed by atoms with Gasteiger partial charge in [0.2, 0.25) is 0 Å². The molecule has 5 nitrogen and oxygen atoms in total. The molecular weight excluding hydrogens is 272 g/mol. The minimum atomic E-state index is -0.725. The molecule has 0 aromatic carbocycles. The molecule has 0 bridgehead atoms. The van der Waals surface area contributed by atoms with Gasteiger partial charge in [0.1, 0.15) is 17.7 Å². The molecule has 0 saturated heterocycles. The summed E-state index contributed by atoms with van der Waals surface area (Å²) in [5.41, 5.74) is 5.30. The highest BCUT2D eigenvalue weighted by molar-refractivity contribution is 5.93. The number of hydrogen-bond donors (Lipinski definition) is 2. The number of carbonyl (C=O) groups is 1. The number of carbonyl (C=O) groups excluding carboxylic acids is 1. The monoisotopic (exact) mass is 285 g/mol. The Morgan fingerprint density at radius 1 is 1.59 bits per heavy atom. The molecule has 8 heteroatoms. The highest BCUT2D eigenvalue weighted by Gasteiger charge is 2.15. The molecule has 98 valence electrons. The Labute approximate surface area is 111 Å². The van der Waals surface area contributed by atoms with Gasteiger partial charge in [0.15, 0.2) is 0 Å². The molecule has 1 rings (SSSR count). The Bertz CT molecular complexity index is 334. The highest BCUT2D eigenvalue weighted by Crippen LogP contribution is 2.04. The van der Waals surface area contributed by atoms with E-state index < -0.39 is 17.8 Å². The summed E-state index contributed by atoms with van der Waals surface area (Å²) in [6, 6.07) is 2.56. The fraction of sp³-hybridized carbons (Fsp3) is 0.333. The number of halogens is 3. The van der Waals surface area contributed by atoms with Crippen molar-refractivity contribution >= 4 is 36.5 Å². The molecule has 1 aromatic rings. The van der Waals surface area contributed by atoms with Gasteiger partial charge in [-0.15, -0.1) is 24.8 Å². The van der Waals surface area contributed by atoms with Crippen LogP contribution < -0.4 is 11.1 Å². The second kappa shape index (κ2) is 9.12. The van der Waals surface area contributed by atoms with Crippen LogP contribution in [0.25, 0.3) is 0 Å². The predicted octanol–water partition coefficient (Wildman–Crippen LogP) is 0.976. The van der Waals surface area contributed by atoms with E-state index in [1.807, 2.05) is 0 Å². The number of methoxy groups -OCH3 is 1. The molecule has 1 heterocycles. The molecule has 0 aliphatic rings. The number of nitrogens with zero attached hydrogens (tertiary/aromatic N) is 1. The molecule has 1 unspecified atom stereocenters. The summed E-state index contributed by atoms with van der Waals surface area (Å²) in [5.74, 6) is -0.605. The minimum absolute atomic E-state index is 0. The zero-order valence-electron chi connectivity index (χ0n) is 9.05. The van der Waals surface area contributed by atoms with Crippen molar-refractivity contribution in [2.75, 3.05) is 19.0 Å². The van der Waals surface area contributed by atoms with Crippen LogP contribution in [-0.2, 0) is 9.53 Å². The van der Waals surface area contributed by atoms with Gasteiger partial charge in [-0.3, -0.25) is 4.79 Å². The average molecular weight is 286 g/mol. The Morgan fingerprint density at radius 2 is 2.24 bits per heavy atom. The fourth-order valence-corrected chi connectivity index (χ4v) is 0.967. The van der Waals surface area contributed by atoms with Crippen LogP contribution in [0.15, 0.2) is 18.3 Å². The van der Waals surface area contributed by atoms with Crippen LogP contribution in [0.1, 0.15) is 0 Å². The summed E-state index contributed by atoms with van der Waals surface area (Å²) < 4.78 is 17.3. The molecule has 0 aliphatic heterocycles. The number of hydrogen-bond acceptors (Lipinski definition) is 4. The number of nitrogens with two attached hydrogens (primary N) is 1. The third-order valence-corrected chi connectivity index (χ3v) is 1.77. The predicted molar refractivity (Wildman–Crippen MR) is 67.2 cm³/mol. The second-order valence-electron chi connectivity index (χ2n) is 2.81. The van der Waals surface area contributed by atoms with Gasteiger partial charge in [0.05, 0.1) is 6.20 Å². The van der Waals surface area contributed by atoms with E-state index in [2.05, 4.69) is 10.3 Å². The van der Waals surface area contributed by atoms with Crippen LogP contribution in [0.5, 0.6) is 0 Å². The Morgan fingerprint density at radius 3 is 2.65 bits per heavy atom. The van der Waals surface area contributed by atoms with Gasteiger partial charge in [-0.1, -0.05) is 0 Å². The maximum atomic E-state index is 12.5. The van der Waals surface area contributed by atoms with Crippen molar-refractivity contribution in [1.82, 2.24) is 4.98 Å². The quantitative estimate of drug-likeness (QED) is 0.865. The number of amides is 1. The molecule has 17 heavy (non-hydrogen) atoms. The van der Waals surface area contributed by atoms with E-state index in [0.717, 1.165) is 6.20 Å². The Kier molecular flexibility index (Phi) is 9.88. The van der Waals surface area contributed by atoms with Crippen LogP contribution in [0.2, 0.25) is 0 Å². The highest BCUT2D eigenvalue weighted by atomic mass is 35.5. The summed E-state index contributed by atoms with van der Waals surface area (Å²) in [6.07, 6.45) is 0.289. The van der Waals surface area contributed by atoms with Crippen molar-refractivity contribution in [2.24, 2.45) is 5.73 Å². The molecule has 0 radical (unpaired) electrons. The molecule has 1 atom stereocenters. The van der Waals surface area contributed by atoms with Crippen molar-refractivity contribution < 1.29 is 13.9 Å². The number of pyridine rings is 1. The third-order valence-electron chi connectivity index (χ3n) is 1.77. The van der Waals surface area contributed by atoms with Gasteiger partial charge in [0, 0.05) is 13.7 Å². The van der Waals surface area contributed by atoms with Crippen molar-refractivity contribution in [3.05, 3.63) is 24.1 Å². The van der Waals surface area contributed by atoms with Crippen molar-refractivity contribution in [2.45, 2.75) is 6.10 Å². The molecule has 3 N–H and O–H groups in total. The lowest BCUT2D eigenvalue weighted by atomic mass is 10.3. The van der Waals surface area contributed by atoms with Crippen molar-refractivity contribution in [3.8, 4) is 0 Å². The smallest absolute Gasteiger partial charge is 0.255 e. The van der Waals surface area contributed by atoms with Crippen molar-refractivity contribution in [1.29, 1.82) is 0 Å². The van der Waals surface area contributed by atoms with Gasteiger partial charge in [0.25, 0.3) is 5.91 Å². The molecule has 1 aromatic heterocycles. The zero-order chi connectivity index (χ0) is 11.3. The van der Waals surface area contributed by atoms with E-state index in [0.29, 0.717) is 0 Å². The van der Waals surface area contributed by atoms with Crippen LogP contribution in [0.4, 0.5) is 10.2 Å². The normalized spacial score (nSPS) is 10.8. The van der Waals surface area contributed by atoms with E-state index in [4.69, 9.17) is 10.5 Å². The van der Waals surface area contributed by atoms with E-state index in [9.17, 15) is 9.18 Å². The second-order valence-corrected chi connectivity index (χ2v) is 2.81. The minimum Gasteiger partial charge on any atom is -0.370 e. The number of rotatable bonds is 4. The maximum absolute atomic E-state index is 12.5. The zero-order valence-corrected chi connectivity index (χ0v) is 10.7. The fourth-order valence-electron chi connectivity index (χ4n) is 0.967. The molecule has 0 saturated carbocycles. The molecular formula is C9H14Cl2FN3O2. The van der Waals surface area contributed by atoms with Gasteiger partial charge in [-0.25, -0.2) is 9.37 Å². The summed E-state index contributed by atoms with van der Waals surface area (Å²) in [6.45, 7) is 0.0729. The van der Waals surface area contributed by atoms with Crippen LogP contribution in [0, 0.1) is 5.82 Å². The van der Waals surface area contributed by atoms with Gasteiger partial charge >= 0.3 is 0 Å². The Balaban J connectivity index is 0. The average Bonchev–Trinajstić information content (AvgIpc) is 2.23. The van der Waals surface area contributed by atoms with E-state index >= 15 is 0 Å². The number of anilines is 1. The SMILES string of the molecule is COC(CN)C(=O)Nc1ccc(F)cn1.Cl.Cl. The van der Waals surface area contributed by atoms with Gasteiger partial charge in [-0.05, 0) is 12.1 Å². The lowest BCUT2D eigenvalue weighted by molar-refractivity contribution is -0.125. The first-order valence-corrected chi connectivity index (χ1v) is 4.32. The molecule has 1 amide bonds. The van der Waals surface area contributed by atoms with E-state index in [-0.39, 0.29) is 37.2 Å². The summed E-state index contributed by atoms with van der Waals surface area (Å²) in [5, 5.41) is 2.45. The molecule has 0 spiro atoms. The van der Waals surface area contributed by atoms with Crippen LogP contribution >= 0.6 is 24.8 Å². The Hall–Kier alpha value is -0.950. The summed E-state index contributed by atoms with van der Waals surface area (Å²) >= 11 is 0. The van der Waals surface area contributed by atoms with Crippen LogP contribution in [0.3, 0.4) is 0 Å². The third kappa shape index (κ3) is 5.78. The summed E-state index contributed by atoms with van der Waals surface area (Å²) in [7, 11) is 1.38. The standard InChI is InChI=1S/C9H12FN3O2.2ClH/c1-15-7(4-11)9(14)13-8-3-2-6(10)5-12-8;;/h2-3,5,7H,4,11H2,1H3,(H,12,13,14);2*1H. The lowest BCUT2D eigenvalue weighted by Crippen LogP contribution is -2.36. The maximum Gasteiger partial charge on any atom is 0.255 e.